The molecule has 1 aromatic rings. The van der Waals surface area contributed by atoms with Gasteiger partial charge in [-0.05, 0) is 48.6 Å². The summed E-state index contributed by atoms with van der Waals surface area (Å²) in [6.07, 6.45) is 6.96. The van der Waals surface area contributed by atoms with E-state index in [1.807, 2.05) is 6.20 Å². The number of pyridine rings is 1. The van der Waals surface area contributed by atoms with E-state index in [9.17, 15) is 4.79 Å². The van der Waals surface area contributed by atoms with E-state index in [0.29, 0.717) is 5.92 Å². The Labute approximate surface area is 132 Å². The Morgan fingerprint density at radius 2 is 2.05 bits per heavy atom. The number of carbonyl (C=O) groups excluding carboxylic acids is 1. The van der Waals surface area contributed by atoms with E-state index >= 15 is 0 Å². The van der Waals surface area contributed by atoms with Crippen LogP contribution in [0, 0.1) is 11.3 Å². The number of anilines is 1. The van der Waals surface area contributed by atoms with Gasteiger partial charge in [0.15, 0.2) is 0 Å². The number of hydrogen-bond acceptors (Lipinski definition) is 2. The van der Waals surface area contributed by atoms with E-state index in [4.69, 9.17) is 0 Å². The first kappa shape index (κ1) is 15.5. The van der Waals surface area contributed by atoms with Crippen LogP contribution in [0.1, 0.15) is 57.6 Å². The van der Waals surface area contributed by atoms with Crippen LogP contribution in [0.4, 0.5) is 5.82 Å². The lowest BCUT2D eigenvalue weighted by molar-refractivity contribution is -0.381. The molecule has 1 aromatic heterocycles. The number of nitrogens with zero attached hydrogens (tertiary/aromatic N) is 1. The van der Waals surface area contributed by atoms with Crippen molar-refractivity contribution in [3.05, 3.63) is 23.4 Å². The Hall–Kier alpha value is -1.42. The zero-order valence-electron chi connectivity index (χ0n) is 14.0. The van der Waals surface area contributed by atoms with Crippen LogP contribution in [0.3, 0.4) is 0 Å². The van der Waals surface area contributed by atoms with Gasteiger partial charge < -0.3 is 11.1 Å². The summed E-state index contributed by atoms with van der Waals surface area (Å²) in [6.45, 7) is 7.59. The minimum atomic E-state index is -0.211. The number of fused-ring (bicyclic) bond motifs is 1. The lowest BCUT2D eigenvalue weighted by atomic mass is 9.65. The van der Waals surface area contributed by atoms with Crippen LogP contribution in [0.15, 0.2) is 12.3 Å². The van der Waals surface area contributed by atoms with Crippen molar-refractivity contribution in [1.29, 1.82) is 0 Å². The SMILES string of the molecule is CC(C)(C)c1cnc2c(c1)CC1(CCC(C[NH3+])CC1)C(=O)N2. The van der Waals surface area contributed by atoms with Gasteiger partial charge in [0, 0.05) is 12.1 Å². The standard InChI is InChI=1S/C18H27N3O/c1-17(2,3)14-8-13-9-18(6-4-12(10-19)5-7-18)16(22)21-15(13)20-11-14/h8,11-12H,4-7,9-10,19H2,1-3H3,(H,20,21,22)/p+1. The lowest BCUT2D eigenvalue weighted by Gasteiger charge is -2.41. The Morgan fingerprint density at radius 3 is 2.64 bits per heavy atom. The molecule has 3 rings (SSSR count). The van der Waals surface area contributed by atoms with Crippen molar-refractivity contribution in [3.63, 3.8) is 0 Å². The average molecular weight is 302 g/mol. The van der Waals surface area contributed by atoms with E-state index in [-0.39, 0.29) is 16.7 Å². The van der Waals surface area contributed by atoms with E-state index in [0.717, 1.165) is 44.5 Å². The molecule has 0 bridgehead atoms. The highest BCUT2D eigenvalue weighted by Crippen LogP contribution is 2.45. The normalized spacial score (nSPS) is 28.4. The summed E-state index contributed by atoms with van der Waals surface area (Å²) in [6, 6.07) is 2.25. The molecule has 120 valence electrons. The van der Waals surface area contributed by atoms with Gasteiger partial charge in [0.2, 0.25) is 5.91 Å². The van der Waals surface area contributed by atoms with Gasteiger partial charge in [-0.3, -0.25) is 4.79 Å². The van der Waals surface area contributed by atoms with Crippen LogP contribution >= 0.6 is 0 Å². The molecule has 2 heterocycles. The van der Waals surface area contributed by atoms with Crippen molar-refractivity contribution >= 4 is 11.7 Å². The summed E-state index contributed by atoms with van der Waals surface area (Å²) >= 11 is 0. The number of aromatic nitrogens is 1. The highest BCUT2D eigenvalue weighted by atomic mass is 16.2. The van der Waals surface area contributed by atoms with Crippen molar-refractivity contribution in [2.75, 3.05) is 11.9 Å². The van der Waals surface area contributed by atoms with E-state index in [1.54, 1.807) is 0 Å². The molecule has 0 radical (unpaired) electrons. The maximum atomic E-state index is 12.6. The van der Waals surface area contributed by atoms with Gasteiger partial charge in [-0.15, -0.1) is 0 Å². The molecule has 1 aliphatic heterocycles. The Balaban J connectivity index is 1.89. The molecule has 4 heteroatoms. The molecular formula is C18H28N3O+. The predicted octanol–water partition coefficient (Wildman–Crippen LogP) is 2.29. The fourth-order valence-electron chi connectivity index (χ4n) is 3.78. The maximum absolute atomic E-state index is 12.6. The Kier molecular flexibility index (Phi) is 3.76. The first-order valence-corrected chi connectivity index (χ1v) is 8.44. The molecule has 1 saturated carbocycles. The molecule has 4 nitrogen and oxygen atoms in total. The quantitative estimate of drug-likeness (QED) is 0.835. The number of nitrogens with one attached hydrogen (secondary N) is 1. The van der Waals surface area contributed by atoms with Gasteiger partial charge in [0.1, 0.15) is 5.82 Å². The van der Waals surface area contributed by atoms with Gasteiger partial charge >= 0.3 is 0 Å². The molecule has 0 saturated heterocycles. The summed E-state index contributed by atoms with van der Waals surface area (Å²) in [5, 5.41) is 3.07. The molecule has 1 amide bonds. The largest absolute Gasteiger partial charge is 0.357 e. The number of hydrogen-bond donors (Lipinski definition) is 2. The lowest BCUT2D eigenvalue weighted by Crippen LogP contribution is -2.55. The number of quaternary nitrogens is 1. The van der Waals surface area contributed by atoms with Crippen molar-refractivity contribution < 1.29 is 10.5 Å². The van der Waals surface area contributed by atoms with Gasteiger partial charge in [-0.25, -0.2) is 4.98 Å². The minimum Gasteiger partial charge on any atom is -0.357 e. The summed E-state index contributed by atoms with van der Waals surface area (Å²) in [5.41, 5.74) is 6.35. The second kappa shape index (κ2) is 5.34. The van der Waals surface area contributed by atoms with Crippen LogP contribution in [-0.4, -0.2) is 17.4 Å². The second-order valence-electron chi connectivity index (χ2n) is 8.13. The van der Waals surface area contributed by atoms with Crippen LogP contribution in [0.2, 0.25) is 0 Å². The number of carbonyl (C=O) groups is 1. The molecule has 4 N–H and O–H groups in total. The molecule has 1 spiro atoms. The van der Waals surface area contributed by atoms with Gasteiger partial charge in [-0.1, -0.05) is 26.8 Å². The van der Waals surface area contributed by atoms with E-state index in [2.05, 4.69) is 42.9 Å². The highest BCUT2D eigenvalue weighted by molar-refractivity contribution is 5.97. The Morgan fingerprint density at radius 1 is 1.36 bits per heavy atom. The number of rotatable bonds is 1. The molecule has 0 aromatic carbocycles. The number of amides is 1. The fraction of sp³-hybridized carbons (Fsp3) is 0.667. The van der Waals surface area contributed by atoms with Crippen LogP contribution in [-0.2, 0) is 16.6 Å². The van der Waals surface area contributed by atoms with Crippen LogP contribution in [0.25, 0.3) is 0 Å². The first-order chi connectivity index (χ1) is 10.3. The maximum Gasteiger partial charge on any atom is 0.232 e. The highest BCUT2D eigenvalue weighted by Gasteiger charge is 2.45. The minimum absolute atomic E-state index is 0.0855. The Bertz CT molecular complexity index is 580. The zero-order valence-corrected chi connectivity index (χ0v) is 14.0. The van der Waals surface area contributed by atoms with E-state index < -0.39 is 0 Å². The second-order valence-corrected chi connectivity index (χ2v) is 8.13. The van der Waals surface area contributed by atoms with Crippen LogP contribution in [0.5, 0.6) is 0 Å². The predicted molar refractivity (Wildman–Crippen MR) is 87.4 cm³/mol. The zero-order chi connectivity index (χ0) is 16.0. The van der Waals surface area contributed by atoms with Crippen molar-refractivity contribution in [2.24, 2.45) is 11.3 Å². The molecule has 2 aliphatic rings. The molecule has 1 aliphatic carbocycles. The van der Waals surface area contributed by atoms with Crippen LogP contribution < -0.4 is 11.1 Å². The van der Waals surface area contributed by atoms with Crippen molar-refractivity contribution in [1.82, 2.24) is 4.98 Å². The molecule has 0 unspecified atom stereocenters. The molecule has 0 atom stereocenters. The van der Waals surface area contributed by atoms with Crippen molar-refractivity contribution in [2.45, 2.75) is 58.3 Å². The monoisotopic (exact) mass is 302 g/mol. The van der Waals surface area contributed by atoms with Gasteiger partial charge in [0.25, 0.3) is 0 Å². The molecule has 22 heavy (non-hydrogen) atoms. The van der Waals surface area contributed by atoms with Gasteiger partial charge in [-0.2, -0.15) is 0 Å². The summed E-state index contributed by atoms with van der Waals surface area (Å²) in [5.74, 6) is 1.64. The summed E-state index contributed by atoms with van der Waals surface area (Å²) in [4.78, 5) is 17.1. The molecule has 1 fully saturated rings. The topological polar surface area (TPSA) is 69.6 Å². The third kappa shape index (κ3) is 2.65. The molecular weight excluding hydrogens is 274 g/mol. The smallest absolute Gasteiger partial charge is 0.232 e. The third-order valence-electron chi connectivity index (χ3n) is 5.55. The average Bonchev–Trinajstić information content (AvgIpc) is 2.48. The summed E-state index contributed by atoms with van der Waals surface area (Å²) in [7, 11) is 0. The van der Waals surface area contributed by atoms with Gasteiger partial charge in [0.05, 0.1) is 12.0 Å². The third-order valence-corrected chi connectivity index (χ3v) is 5.55. The first-order valence-electron chi connectivity index (χ1n) is 8.44. The summed E-state index contributed by atoms with van der Waals surface area (Å²) < 4.78 is 0. The van der Waals surface area contributed by atoms with Crippen molar-refractivity contribution in [3.8, 4) is 0 Å². The fourth-order valence-corrected chi connectivity index (χ4v) is 3.78. The van der Waals surface area contributed by atoms with E-state index in [1.165, 1.54) is 11.1 Å².